The third kappa shape index (κ3) is 4.10. The topological polar surface area (TPSA) is 108 Å². The summed E-state index contributed by atoms with van der Waals surface area (Å²) in [6.07, 6.45) is 5.61. The van der Waals surface area contributed by atoms with Crippen LogP contribution in [0.15, 0.2) is 69.1 Å². The highest BCUT2D eigenvalue weighted by Crippen LogP contribution is 2.38. The van der Waals surface area contributed by atoms with Gasteiger partial charge in [0.15, 0.2) is 5.82 Å². The van der Waals surface area contributed by atoms with Crippen molar-refractivity contribution in [2.75, 3.05) is 11.6 Å². The minimum Gasteiger partial charge on any atom is -0.337 e. The van der Waals surface area contributed by atoms with Crippen LogP contribution in [0.1, 0.15) is 30.5 Å². The first-order chi connectivity index (χ1) is 17.1. The van der Waals surface area contributed by atoms with E-state index >= 15 is 0 Å². The molecule has 1 aliphatic carbocycles. The van der Waals surface area contributed by atoms with Gasteiger partial charge >= 0.3 is 0 Å². The summed E-state index contributed by atoms with van der Waals surface area (Å²) in [5, 5.41) is 7.79. The van der Waals surface area contributed by atoms with Crippen LogP contribution in [-0.2, 0) is 17.9 Å². The highest BCUT2D eigenvalue weighted by atomic mass is 32.2. The summed E-state index contributed by atoms with van der Waals surface area (Å²) in [4.78, 5) is 36.7. The predicted molar refractivity (Wildman–Crippen MR) is 134 cm³/mol. The number of nitrogens with one attached hydrogen (secondary N) is 1. The second-order valence-corrected chi connectivity index (χ2v) is 9.46. The van der Waals surface area contributed by atoms with Gasteiger partial charge in [0.25, 0.3) is 5.56 Å². The minimum absolute atomic E-state index is 0.0270. The maximum Gasteiger partial charge on any atom is 0.278 e. The third-order valence-corrected chi connectivity index (χ3v) is 6.85. The van der Waals surface area contributed by atoms with Crippen LogP contribution < -0.4 is 10.9 Å². The van der Waals surface area contributed by atoms with E-state index in [0.29, 0.717) is 34.4 Å². The molecule has 1 fully saturated rings. The van der Waals surface area contributed by atoms with Crippen molar-refractivity contribution in [1.29, 1.82) is 0 Å². The third-order valence-electron chi connectivity index (χ3n) is 6.12. The molecule has 1 N–H and O–H groups in total. The van der Waals surface area contributed by atoms with Crippen molar-refractivity contribution in [2.24, 2.45) is 0 Å². The molecule has 3 heterocycles. The Morgan fingerprint density at radius 3 is 2.89 bits per heavy atom. The maximum absolute atomic E-state index is 13.6. The van der Waals surface area contributed by atoms with Gasteiger partial charge in [-0.05, 0) is 43.4 Å². The first kappa shape index (κ1) is 21.6. The smallest absolute Gasteiger partial charge is 0.278 e. The first-order valence-electron chi connectivity index (χ1n) is 11.3. The van der Waals surface area contributed by atoms with E-state index in [2.05, 4.69) is 20.4 Å². The van der Waals surface area contributed by atoms with Crippen molar-refractivity contribution < 1.29 is 9.32 Å². The number of benzene rings is 2. The Morgan fingerprint density at radius 1 is 1.20 bits per heavy atom. The number of fused-ring (bicyclic) bond motifs is 3. The molecule has 35 heavy (non-hydrogen) atoms. The Morgan fingerprint density at radius 2 is 2.06 bits per heavy atom. The lowest BCUT2D eigenvalue weighted by atomic mass is 10.2. The lowest BCUT2D eigenvalue weighted by molar-refractivity contribution is -0.116. The zero-order chi connectivity index (χ0) is 23.9. The lowest BCUT2D eigenvalue weighted by Gasteiger charge is -2.10. The molecule has 1 saturated carbocycles. The molecule has 10 heteroatoms. The van der Waals surface area contributed by atoms with E-state index in [1.165, 1.54) is 10.9 Å². The molecule has 6 rings (SSSR count). The summed E-state index contributed by atoms with van der Waals surface area (Å²) < 4.78 is 8.53. The Kier molecular flexibility index (Phi) is 5.37. The van der Waals surface area contributed by atoms with Crippen LogP contribution in [0.2, 0.25) is 0 Å². The molecular weight excluding hydrogens is 464 g/mol. The van der Waals surface area contributed by atoms with Gasteiger partial charge in [-0.15, -0.1) is 11.8 Å². The van der Waals surface area contributed by atoms with Crippen LogP contribution in [0.4, 0.5) is 5.69 Å². The number of carbonyl (C=O) groups excluding carboxylic acids is 1. The Labute approximate surface area is 204 Å². The molecular formula is C25H22N6O3S. The second kappa shape index (κ2) is 8.70. The number of anilines is 1. The van der Waals surface area contributed by atoms with Gasteiger partial charge in [-0.2, -0.15) is 4.98 Å². The molecule has 3 aromatic heterocycles. The Bertz CT molecular complexity index is 1630. The fourth-order valence-corrected chi connectivity index (χ4v) is 4.72. The zero-order valence-corrected chi connectivity index (χ0v) is 19.8. The van der Waals surface area contributed by atoms with Gasteiger partial charge in [0.05, 0.1) is 11.8 Å². The van der Waals surface area contributed by atoms with Crippen LogP contribution in [0.3, 0.4) is 0 Å². The number of nitrogens with zero attached hydrogens (tertiary/aromatic N) is 5. The molecule has 0 aliphatic heterocycles. The monoisotopic (exact) mass is 486 g/mol. The van der Waals surface area contributed by atoms with Gasteiger partial charge in [-0.25, -0.2) is 4.98 Å². The van der Waals surface area contributed by atoms with Gasteiger partial charge in [0.1, 0.15) is 24.1 Å². The van der Waals surface area contributed by atoms with Crippen molar-refractivity contribution in [2.45, 2.75) is 36.7 Å². The van der Waals surface area contributed by atoms with Gasteiger partial charge in [-0.1, -0.05) is 29.4 Å². The van der Waals surface area contributed by atoms with E-state index in [0.717, 1.165) is 28.6 Å². The summed E-state index contributed by atoms with van der Waals surface area (Å²) in [6.45, 7) is 0.0948. The average molecular weight is 487 g/mol. The van der Waals surface area contributed by atoms with E-state index in [9.17, 15) is 9.59 Å². The summed E-state index contributed by atoms with van der Waals surface area (Å²) in [5.74, 6) is 1.19. The van der Waals surface area contributed by atoms with Crippen LogP contribution in [0.5, 0.6) is 0 Å². The molecule has 1 amide bonds. The lowest BCUT2D eigenvalue weighted by Crippen LogP contribution is -2.25. The summed E-state index contributed by atoms with van der Waals surface area (Å²) in [5.41, 5.74) is 2.13. The van der Waals surface area contributed by atoms with E-state index in [1.807, 2.05) is 54.8 Å². The fraction of sp³-hybridized carbons (Fsp3) is 0.240. The van der Waals surface area contributed by atoms with Crippen LogP contribution in [0.25, 0.3) is 21.9 Å². The van der Waals surface area contributed by atoms with E-state index in [-0.39, 0.29) is 24.6 Å². The molecule has 0 bridgehead atoms. The van der Waals surface area contributed by atoms with E-state index < -0.39 is 0 Å². The van der Waals surface area contributed by atoms with Crippen LogP contribution in [0, 0.1) is 0 Å². The molecule has 5 aromatic rings. The zero-order valence-electron chi connectivity index (χ0n) is 19.0. The van der Waals surface area contributed by atoms with Crippen molar-refractivity contribution in [3.05, 3.63) is 76.9 Å². The van der Waals surface area contributed by atoms with E-state index in [4.69, 9.17) is 4.52 Å². The van der Waals surface area contributed by atoms with Gasteiger partial charge < -0.3 is 14.4 Å². The average Bonchev–Trinajstić information content (AvgIpc) is 3.54. The quantitative estimate of drug-likeness (QED) is 0.346. The fourth-order valence-electron chi connectivity index (χ4n) is 4.26. The number of hydrogen-bond acceptors (Lipinski definition) is 7. The van der Waals surface area contributed by atoms with E-state index in [1.54, 1.807) is 16.3 Å². The van der Waals surface area contributed by atoms with Gasteiger partial charge in [0.2, 0.25) is 11.8 Å². The number of thioether (sulfide) groups is 1. The molecule has 0 saturated heterocycles. The molecule has 2 aromatic carbocycles. The molecule has 176 valence electrons. The van der Waals surface area contributed by atoms with Crippen molar-refractivity contribution in [3.8, 4) is 0 Å². The van der Waals surface area contributed by atoms with Gasteiger partial charge in [-0.3, -0.25) is 14.2 Å². The van der Waals surface area contributed by atoms with Gasteiger partial charge in [0, 0.05) is 21.9 Å². The standard InChI is InChI=1S/C25H22N6O3S/c1-35-17-6-4-5-16(11-17)27-20(32)12-31-19-8-3-2-7-18(19)22-23(31)25(33)30(14-26-22)13-21-28-24(29-34-21)15-9-10-15/h2-8,11,14-15H,9-10,12-13H2,1H3,(H,27,32). The molecule has 1 aliphatic rings. The highest BCUT2D eigenvalue weighted by molar-refractivity contribution is 7.98. The number of amides is 1. The normalized spacial score (nSPS) is 13.5. The molecule has 0 unspecified atom stereocenters. The molecule has 9 nitrogen and oxygen atoms in total. The van der Waals surface area contributed by atoms with Crippen molar-refractivity contribution in [1.82, 2.24) is 24.3 Å². The van der Waals surface area contributed by atoms with Crippen molar-refractivity contribution in [3.63, 3.8) is 0 Å². The maximum atomic E-state index is 13.6. The Balaban J connectivity index is 1.37. The molecule has 0 radical (unpaired) electrons. The van der Waals surface area contributed by atoms with Crippen LogP contribution in [-0.4, -0.2) is 36.4 Å². The second-order valence-electron chi connectivity index (χ2n) is 8.58. The SMILES string of the molecule is CSc1cccc(NC(=O)Cn2c3ccccc3c3ncn(Cc4nc(C5CC5)no4)c(=O)c32)c1. The largest absolute Gasteiger partial charge is 0.337 e. The number of rotatable bonds is 7. The number of aromatic nitrogens is 5. The number of carbonyl (C=O) groups is 1. The summed E-state index contributed by atoms with van der Waals surface area (Å²) >= 11 is 1.60. The van der Waals surface area contributed by atoms with Crippen molar-refractivity contribution >= 4 is 45.3 Å². The highest BCUT2D eigenvalue weighted by Gasteiger charge is 2.29. The first-order valence-corrected chi connectivity index (χ1v) is 12.6. The summed E-state index contributed by atoms with van der Waals surface area (Å²) in [6, 6.07) is 15.2. The Hall–Kier alpha value is -3.92. The number of hydrogen-bond donors (Lipinski definition) is 1. The molecule has 0 atom stereocenters. The molecule has 0 spiro atoms. The number of para-hydroxylation sites is 1. The predicted octanol–water partition coefficient (Wildman–Crippen LogP) is 4.02. The summed E-state index contributed by atoms with van der Waals surface area (Å²) in [7, 11) is 0. The minimum atomic E-state index is -0.269. The van der Waals surface area contributed by atoms with Crippen LogP contribution >= 0.6 is 11.8 Å².